The summed E-state index contributed by atoms with van der Waals surface area (Å²) in [5.41, 5.74) is 0.959. The van der Waals surface area contributed by atoms with Gasteiger partial charge >= 0.3 is 0 Å². The van der Waals surface area contributed by atoms with Gasteiger partial charge < -0.3 is 9.67 Å². The van der Waals surface area contributed by atoms with Crippen LogP contribution in [0.5, 0.6) is 0 Å². The Hall–Kier alpha value is -0.880. The predicted octanol–water partition coefficient (Wildman–Crippen LogP) is 0.960. The number of aromatic nitrogens is 2. The highest BCUT2D eigenvalue weighted by Crippen LogP contribution is 2.37. The molecule has 3 heterocycles. The Balaban J connectivity index is 2.07. The third kappa shape index (κ3) is 1.70. The van der Waals surface area contributed by atoms with Gasteiger partial charge in [0.15, 0.2) is 9.84 Å². The second kappa shape index (κ2) is 3.81. The monoisotopic (exact) mass is 256 g/mol. The lowest BCUT2D eigenvalue weighted by Crippen LogP contribution is -2.22. The maximum Gasteiger partial charge on any atom is 0.160 e. The molecule has 5 nitrogen and oxygen atoms in total. The normalized spacial score (nSPS) is 31.4. The van der Waals surface area contributed by atoms with Crippen LogP contribution in [0.1, 0.15) is 48.7 Å². The number of sulfone groups is 1. The van der Waals surface area contributed by atoms with E-state index in [4.69, 9.17) is 0 Å². The average Bonchev–Trinajstić information content (AvgIpc) is 2.82. The van der Waals surface area contributed by atoms with Crippen LogP contribution in [0.4, 0.5) is 0 Å². The van der Waals surface area contributed by atoms with Gasteiger partial charge in [0.05, 0.1) is 5.75 Å². The fourth-order valence-electron chi connectivity index (χ4n) is 2.86. The SMILES string of the molecule is O=S1(=O)CCCC1c1ncc2n1C(O)CCC2. The molecule has 0 radical (unpaired) electrons. The molecule has 1 saturated heterocycles. The summed E-state index contributed by atoms with van der Waals surface area (Å²) in [6.07, 6.45) is 4.93. The Morgan fingerprint density at radius 1 is 1.35 bits per heavy atom. The first-order valence-electron chi connectivity index (χ1n) is 6.05. The summed E-state index contributed by atoms with van der Waals surface area (Å²) in [5, 5.41) is 9.48. The second-order valence-electron chi connectivity index (χ2n) is 4.85. The van der Waals surface area contributed by atoms with Crippen LogP contribution in [-0.4, -0.2) is 28.8 Å². The van der Waals surface area contributed by atoms with Gasteiger partial charge in [-0.2, -0.15) is 0 Å². The summed E-state index contributed by atoms with van der Waals surface area (Å²) in [6.45, 7) is 0. The molecule has 1 N–H and O–H groups in total. The van der Waals surface area contributed by atoms with Crippen molar-refractivity contribution in [2.24, 2.45) is 0 Å². The van der Waals surface area contributed by atoms with E-state index in [-0.39, 0.29) is 5.75 Å². The van der Waals surface area contributed by atoms with E-state index in [9.17, 15) is 13.5 Å². The Morgan fingerprint density at radius 2 is 2.18 bits per heavy atom. The third-order valence-corrected chi connectivity index (χ3v) is 5.88. The Bertz CT molecular complexity index is 535. The van der Waals surface area contributed by atoms with Gasteiger partial charge in [-0.25, -0.2) is 13.4 Å². The van der Waals surface area contributed by atoms with Crippen LogP contribution < -0.4 is 0 Å². The molecule has 2 unspecified atom stereocenters. The minimum absolute atomic E-state index is 0.246. The molecule has 0 spiro atoms. The van der Waals surface area contributed by atoms with Crippen molar-refractivity contribution in [3.63, 3.8) is 0 Å². The molecule has 1 aromatic heterocycles. The van der Waals surface area contributed by atoms with E-state index in [1.807, 2.05) is 0 Å². The number of rotatable bonds is 1. The van der Waals surface area contributed by atoms with Crippen LogP contribution in [0, 0.1) is 0 Å². The van der Waals surface area contributed by atoms with Crippen molar-refractivity contribution in [1.82, 2.24) is 9.55 Å². The molecule has 3 rings (SSSR count). The van der Waals surface area contributed by atoms with Crippen molar-refractivity contribution in [1.29, 1.82) is 0 Å². The number of fused-ring (bicyclic) bond motifs is 1. The highest BCUT2D eigenvalue weighted by atomic mass is 32.2. The summed E-state index contributed by atoms with van der Waals surface area (Å²) in [5.74, 6) is 0.792. The first kappa shape index (κ1) is 11.2. The first-order chi connectivity index (χ1) is 8.09. The lowest BCUT2D eigenvalue weighted by Gasteiger charge is -2.24. The smallest absolute Gasteiger partial charge is 0.160 e. The Labute approximate surface area is 100 Å². The number of imidazole rings is 1. The van der Waals surface area contributed by atoms with E-state index < -0.39 is 21.3 Å². The molecule has 0 bridgehead atoms. The van der Waals surface area contributed by atoms with E-state index in [1.54, 1.807) is 10.8 Å². The van der Waals surface area contributed by atoms with Gasteiger partial charge in [0.1, 0.15) is 17.3 Å². The first-order valence-corrected chi connectivity index (χ1v) is 7.77. The third-order valence-electron chi connectivity index (χ3n) is 3.71. The zero-order valence-corrected chi connectivity index (χ0v) is 10.4. The van der Waals surface area contributed by atoms with Gasteiger partial charge in [-0.1, -0.05) is 0 Å². The molecule has 1 aromatic rings. The molecule has 1 fully saturated rings. The van der Waals surface area contributed by atoms with Gasteiger partial charge in [0, 0.05) is 11.9 Å². The summed E-state index contributed by atoms with van der Waals surface area (Å²) >= 11 is 0. The molecule has 0 saturated carbocycles. The molecular formula is C11H16N2O3S. The maximum atomic E-state index is 11.9. The number of aryl methyl sites for hydroxylation is 1. The van der Waals surface area contributed by atoms with Crippen LogP contribution in [0.2, 0.25) is 0 Å². The van der Waals surface area contributed by atoms with Gasteiger partial charge in [-0.3, -0.25) is 0 Å². The zero-order chi connectivity index (χ0) is 12.0. The average molecular weight is 256 g/mol. The van der Waals surface area contributed by atoms with Crippen molar-refractivity contribution < 1.29 is 13.5 Å². The van der Waals surface area contributed by atoms with Crippen molar-refractivity contribution in [3.8, 4) is 0 Å². The van der Waals surface area contributed by atoms with Gasteiger partial charge in [0.2, 0.25) is 0 Å². The Kier molecular flexibility index (Phi) is 2.52. The van der Waals surface area contributed by atoms with Crippen molar-refractivity contribution in [2.75, 3.05) is 5.75 Å². The zero-order valence-electron chi connectivity index (χ0n) is 9.54. The highest BCUT2D eigenvalue weighted by molar-refractivity contribution is 7.91. The molecular weight excluding hydrogens is 240 g/mol. The van der Waals surface area contributed by atoms with E-state index in [2.05, 4.69) is 4.98 Å². The second-order valence-corrected chi connectivity index (χ2v) is 7.15. The summed E-state index contributed by atoms with van der Waals surface area (Å²) in [7, 11) is -3.06. The molecule has 2 aliphatic heterocycles. The van der Waals surface area contributed by atoms with Crippen LogP contribution in [0.3, 0.4) is 0 Å². The maximum absolute atomic E-state index is 11.9. The molecule has 0 aromatic carbocycles. The number of aliphatic hydroxyl groups excluding tert-OH is 1. The Morgan fingerprint density at radius 3 is 2.88 bits per heavy atom. The molecule has 2 aliphatic rings. The van der Waals surface area contributed by atoms with E-state index in [0.29, 0.717) is 25.1 Å². The summed E-state index contributed by atoms with van der Waals surface area (Å²) in [6, 6.07) is 0. The fourth-order valence-corrected chi connectivity index (χ4v) is 4.73. The van der Waals surface area contributed by atoms with Crippen molar-refractivity contribution >= 4 is 9.84 Å². The predicted molar refractivity (Wildman–Crippen MR) is 62.2 cm³/mol. The summed E-state index contributed by atoms with van der Waals surface area (Å²) < 4.78 is 25.6. The van der Waals surface area contributed by atoms with E-state index in [1.165, 1.54) is 0 Å². The number of aliphatic hydroxyl groups is 1. The highest BCUT2D eigenvalue weighted by Gasteiger charge is 2.37. The van der Waals surface area contributed by atoms with Crippen molar-refractivity contribution in [3.05, 3.63) is 17.7 Å². The summed E-state index contributed by atoms with van der Waals surface area (Å²) in [4.78, 5) is 4.25. The van der Waals surface area contributed by atoms with Crippen LogP contribution >= 0.6 is 0 Å². The van der Waals surface area contributed by atoms with Crippen LogP contribution in [0.15, 0.2) is 6.20 Å². The standard InChI is InChI=1S/C11H16N2O3S/c14-10-5-1-3-8-7-12-11(13(8)10)9-4-2-6-17(9,15)16/h7,9-10,14H,1-6H2. The number of hydrogen-bond donors (Lipinski definition) is 1. The molecule has 17 heavy (non-hydrogen) atoms. The molecule has 94 valence electrons. The fraction of sp³-hybridized carbons (Fsp3) is 0.727. The number of nitrogens with zero attached hydrogens (tertiary/aromatic N) is 2. The van der Waals surface area contributed by atoms with Gasteiger partial charge in [-0.05, 0) is 32.1 Å². The van der Waals surface area contributed by atoms with Crippen LogP contribution in [0.25, 0.3) is 0 Å². The van der Waals surface area contributed by atoms with Crippen molar-refractivity contribution in [2.45, 2.75) is 43.6 Å². The molecule has 6 heteroatoms. The number of hydrogen-bond acceptors (Lipinski definition) is 4. The molecule has 2 atom stereocenters. The minimum Gasteiger partial charge on any atom is -0.373 e. The largest absolute Gasteiger partial charge is 0.373 e. The quantitative estimate of drug-likeness (QED) is 0.812. The van der Waals surface area contributed by atoms with E-state index in [0.717, 1.165) is 18.5 Å². The van der Waals surface area contributed by atoms with E-state index >= 15 is 0 Å². The molecule has 0 aliphatic carbocycles. The minimum atomic E-state index is -3.06. The molecule has 0 amide bonds. The topological polar surface area (TPSA) is 72.2 Å². The van der Waals surface area contributed by atoms with Gasteiger partial charge in [0.25, 0.3) is 0 Å². The lowest BCUT2D eigenvalue weighted by atomic mass is 10.1. The lowest BCUT2D eigenvalue weighted by molar-refractivity contribution is 0.0756. The van der Waals surface area contributed by atoms with Crippen LogP contribution in [-0.2, 0) is 16.3 Å². The van der Waals surface area contributed by atoms with Gasteiger partial charge in [-0.15, -0.1) is 0 Å².